The van der Waals surface area contributed by atoms with Gasteiger partial charge in [-0.05, 0) is 42.0 Å². The van der Waals surface area contributed by atoms with Gasteiger partial charge in [0.1, 0.15) is 18.0 Å². The van der Waals surface area contributed by atoms with E-state index in [9.17, 15) is 13.2 Å². The number of anilines is 1. The first kappa shape index (κ1) is 25.7. The normalized spacial score (nSPS) is 11.4. The first-order valence-electron chi connectivity index (χ1n) is 11.4. The molecule has 4 aromatic carbocycles. The van der Waals surface area contributed by atoms with Crippen LogP contribution in [-0.4, -0.2) is 41.3 Å². The van der Waals surface area contributed by atoms with E-state index in [0.717, 1.165) is 26.2 Å². The Hall–Kier alpha value is -4.37. The molecule has 0 heterocycles. The fourth-order valence-corrected chi connectivity index (χ4v) is 5.25. The molecule has 1 amide bonds. The zero-order valence-corrected chi connectivity index (χ0v) is 21.5. The molecule has 0 aliphatic rings. The molecular weight excluding hydrogens is 490 g/mol. The molecule has 0 unspecified atom stereocenters. The predicted molar refractivity (Wildman–Crippen MR) is 145 cm³/mol. The van der Waals surface area contributed by atoms with Crippen molar-refractivity contribution in [3.8, 4) is 11.5 Å². The summed E-state index contributed by atoms with van der Waals surface area (Å²) in [6.07, 6.45) is 1.53. The van der Waals surface area contributed by atoms with Crippen LogP contribution < -0.4 is 19.2 Å². The summed E-state index contributed by atoms with van der Waals surface area (Å²) >= 11 is 0. The second kappa shape index (κ2) is 11.1. The van der Waals surface area contributed by atoms with E-state index in [1.165, 1.54) is 38.6 Å². The van der Waals surface area contributed by atoms with Crippen molar-refractivity contribution in [3.63, 3.8) is 0 Å². The molecule has 0 aliphatic heterocycles. The number of fused-ring (bicyclic) bond motifs is 1. The second-order valence-electron chi connectivity index (χ2n) is 8.22. The van der Waals surface area contributed by atoms with Crippen LogP contribution in [0, 0.1) is 6.92 Å². The van der Waals surface area contributed by atoms with Crippen LogP contribution in [0.5, 0.6) is 11.5 Å². The van der Waals surface area contributed by atoms with Crippen LogP contribution >= 0.6 is 0 Å². The van der Waals surface area contributed by atoms with Gasteiger partial charge in [-0.1, -0.05) is 60.2 Å². The number of sulfonamides is 1. The lowest BCUT2D eigenvalue weighted by Gasteiger charge is -2.25. The molecule has 0 spiro atoms. The highest BCUT2D eigenvalue weighted by Gasteiger charge is 2.30. The van der Waals surface area contributed by atoms with Gasteiger partial charge in [-0.2, -0.15) is 5.10 Å². The van der Waals surface area contributed by atoms with Crippen molar-refractivity contribution in [2.45, 2.75) is 11.8 Å². The molecule has 0 aromatic heterocycles. The molecule has 0 saturated carbocycles. The lowest BCUT2D eigenvalue weighted by molar-refractivity contribution is -0.119. The van der Waals surface area contributed by atoms with Crippen LogP contribution in [-0.2, 0) is 14.8 Å². The van der Waals surface area contributed by atoms with Gasteiger partial charge in [0, 0.05) is 11.6 Å². The van der Waals surface area contributed by atoms with Gasteiger partial charge in [-0.25, -0.2) is 13.8 Å². The third-order valence-electron chi connectivity index (χ3n) is 5.77. The van der Waals surface area contributed by atoms with E-state index < -0.39 is 22.5 Å². The summed E-state index contributed by atoms with van der Waals surface area (Å²) in [6.45, 7) is 1.33. The molecule has 4 aromatic rings. The number of hydrogen-bond acceptors (Lipinski definition) is 6. The van der Waals surface area contributed by atoms with Crippen molar-refractivity contribution in [1.29, 1.82) is 0 Å². The molecule has 0 fully saturated rings. The van der Waals surface area contributed by atoms with Gasteiger partial charge >= 0.3 is 0 Å². The maximum absolute atomic E-state index is 13.7. The third-order valence-corrected chi connectivity index (χ3v) is 7.54. The Morgan fingerprint density at radius 3 is 2.41 bits per heavy atom. The lowest BCUT2D eigenvalue weighted by atomic mass is 10.1. The van der Waals surface area contributed by atoms with Gasteiger partial charge in [0.15, 0.2) is 0 Å². The number of carbonyl (C=O) groups excluding carboxylic acids is 1. The quantitative estimate of drug-likeness (QED) is 0.260. The summed E-state index contributed by atoms with van der Waals surface area (Å²) in [5, 5.41) is 6.10. The number of methoxy groups -OCH3 is 2. The number of nitrogens with zero attached hydrogens (tertiary/aromatic N) is 2. The van der Waals surface area contributed by atoms with E-state index in [2.05, 4.69) is 10.5 Å². The van der Waals surface area contributed by atoms with Crippen LogP contribution in [0.15, 0.2) is 94.9 Å². The second-order valence-corrected chi connectivity index (χ2v) is 10.1. The first-order chi connectivity index (χ1) is 17.8. The summed E-state index contributed by atoms with van der Waals surface area (Å²) in [5.41, 5.74) is 4.33. The van der Waals surface area contributed by atoms with E-state index in [-0.39, 0.29) is 16.3 Å². The highest BCUT2D eigenvalue weighted by atomic mass is 32.2. The Labute approximate surface area is 216 Å². The van der Waals surface area contributed by atoms with Crippen LogP contribution in [0.4, 0.5) is 5.69 Å². The summed E-state index contributed by atoms with van der Waals surface area (Å²) < 4.78 is 39.1. The van der Waals surface area contributed by atoms with Crippen molar-refractivity contribution >= 4 is 38.6 Å². The number of rotatable bonds is 9. The summed E-state index contributed by atoms with van der Waals surface area (Å²) in [4.78, 5) is 13.0. The number of ether oxygens (including phenoxy) is 2. The van der Waals surface area contributed by atoms with Crippen molar-refractivity contribution in [3.05, 3.63) is 96.1 Å². The van der Waals surface area contributed by atoms with Gasteiger partial charge in [-0.15, -0.1) is 0 Å². The number of carbonyl (C=O) groups is 1. The molecule has 9 heteroatoms. The molecule has 0 atom stereocenters. The average molecular weight is 518 g/mol. The number of nitrogens with one attached hydrogen (secondary N) is 1. The Morgan fingerprint density at radius 2 is 1.68 bits per heavy atom. The van der Waals surface area contributed by atoms with Crippen LogP contribution in [0.25, 0.3) is 10.8 Å². The summed E-state index contributed by atoms with van der Waals surface area (Å²) in [5.74, 6) is 0.0508. The molecular formula is C28H27N3O5S. The van der Waals surface area contributed by atoms with Gasteiger partial charge in [-0.3, -0.25) is 9.10 Å². The minimum atomic E-state index is -4.14. The number of hydrogen-bond donors (Lipinski definition) is 1. The van der Waals surface area contributed by atoms with E-state index in [1.807, 2.05) is 49.4 Å². The Morgan fingerprint density at radius 1 is 0.946 bits per heavy atom. The van der Waals surface area contributed by atoms with E-state index >= 15 is 0 Å². The number of benzene rings is 4. The molecule has 190 valence electrons. The minimum absolute atomic E-state index is 0.0371. The fourth-order valence-electron chi connectivity index (χ4n) is 3.83. The smallest absolute Gasteiger partial charge is 0.264 e. The minimum Gasteiger partial charge on any atom is -0.497 e. The third kappa shape index (κ3) is 5.73. The monoisotopic (exact) mass is 517 g/mol. The summed E-state index contributed by atoms with van der Waals surface area (Å²) in [7, 11) is -1.25. The number of aryl methyl sites for hydroxylation is 1. The Balaban J connectivity index is 1.65. The maximum atomic E-state index is 13.7. The van der Waals surface area contributed by atoms with Crippen LogP contribution in [0.2, 0.25) is 0 Å². The lowest BCUT2D eigenvalue weighted by Crippen LogP contribution is -2.39. The number of hydrazone groups is 1. The van der Waals surface area contributed by atoms with Crippen molar-refractivity contribution in [2.75, 3.05) is 25.1 Å². The maximum Gasteiger partial charge on any atom is 0.264 e. The van der Waals surface area contributed by atoms with Gasteiger partial charge in [0.2, 0.25) is 0 Å². The fraction of sp³-hybridized carbons (Fsp3) is 0.143. The molecule has 4 rings (SSSR count). The molecule has 0 bridgehead atoms. The standard InChI is InChI=1S/C28H27N3O5S/c1-20-11-14-24(15-12-20)37(33,34)31(26-17-23(35-2)13-16-27(26)36-3)19-28(32)30-29-18-22-9-6-8-21-7-4-5-10-25(21)22/h4-18H,19H2,1-3H3,(H,30,32)/b29-18-. The molecule has 8 nitrogen and oxygen atoms in total. The van der Waals surface area contributed by atoms with Crippen molar-refractivity contribution in [2.24, 2.45) is 5.10 Å². The Bertz CT molecular complexity index is 1540. The molecule has 1 N–H and O–H groups in total. The van der Waals surface area contributed by atoms with Gasteiger partial charge in [0.05, 0.1) is 31.0 Å². The predicted octanol–water partition coefficient (Wildman–Crippen LogP) is 4.51. The van der Waals surface area contributed by atoms with Gasteiger partial charge < -0.3 is 9.47 Å². The number of amides is 1. The zero-order valence-electron chi connectivity index (χ0n) is 20.7. The Kier molecular flexibility index (Phi) is 7.74. The van der Waals surface area contributed by atoms with Gasteiger partial charge in [0.25, 0.3) is 15.9 Å². The molecule has 0 saturated heterocycles. The topological polar surface area (TPSA) is 97.3 Å². The summed E-state index contributed by atoms with van der Waals surface area (Å²) in [6, 6.07) is 24.7. The van der Waals surface area contributed by atoms with Crippen molar-refractivity contribution < 1.29 is 22.7 Å². The average Bonchev–Trinajstić information content (AvgIpc) is 2.91. The van der Waals surface area contributed by atoms with Crippen LogP contribution in [0.1, 0.15) is 11.1 Å². The molecule has 0 radical (unpaired) electrons. The van der Waals surface area contributed by atoms with E-state index in [0.29, 0.717) is 5.75 Å². The van der Waals surface area contributed by atoms with Crippen LogP contribution in [0.3, 0.4) is 0 Å². The first-order valence-corrected chi connectivity index (χ1v) is 12.9. The molecule has 37 heavy (non-hydrogen) atoms. The molecule has 0 aliphatic carbocycles. The SMILES string of the molecule is COc1ccc(OC)c(N(CC(=O)N/N=C\c2cccc3ccccc23)S(=O)(=O)c2ccc(C)cc2)c1. The largest absolute Gasteiger partial charge is 0.497 e. The van der Waals surface area contributed by atoms with E-state index in [4.69, 9.17) is 9.47 Å². The highest BCUT2D eigenvalue weighted by molar-refractivity contribution is 7.92. The van der Waals surface area contributed by atoms with Crippen molar-refractivity contribution in [1.82, 2.24) is 5.43 Å². The highest BCUT2D eigenvalue weighted by Crippen LogP contribution is 2.35. The van der Waals surface area contributed by atoms with E-state index in [1.54, 1.807) is 24.3 Å². The zero-order chi connectivity index (χ0) is 26.4.